The molecule has 4 atom stereocenters. The number of aliphatic hydroxyl groups is 1. The van der Waals surface area contributed by atoms with Crippen LogP contribution in [0, 0.1) is 0 Å². The number of rotatable bonds is 10. The van der Waals surface area contributed by atoms with Gasteiger partial charge in [-0.1, -0.05) is 0 Å². The molecule has 25 heavy (non-hydrogen) atoms. The normalized spacial score (nSPS) is 15.2. The van der Waals surface area contributed by atoms with Crippen LogP contribution in [-0.4, -0.2) is 70.6 Å². The Morgan fingerprint density at radius 3 is 2.00 bits per heavy atom. The molecule has 0 aromatic heterocycles. The van der Waals surface area contributed by atoms with E-state index in [1.165, 1.54) is 13.8 Å². The Morgan fingerprint density at radius 2 is 1.60 bits per heavy atom. The summed E-state index contributed by atoms with van der Waals surface area (Å²) in [5, 5.41) is 24.4. The Hall–Kier alpha value is -2.73. The van der Waals surface area contributed by atoms with Crippen molar-refractivity contribution < 1.29 is 34.2 Å². The molecule has 0 aromatic rings. The van der Waals surface area contributed by atoms with Crippen LogP contribution in [0.25, 0.3) is 0 Å². The SMILES string of the molecule is CC(N)C(=O)NC(CC(N)=O)C(=O)NCC(=O)NC(C(=O)O)C(C)O. The zero-order chi connectivity index (χ0) is 19.7. The van der Waals surface area contributed by atoms with Crippen LogP contribution in [0.5, 0.6) is 0 Å². The fourth-order valence-electron chi connectivity index (χ4n) is 1.62. The van der Waals surface area contributed by atoms with E-state index >= 15 is 0 Å². The molecule has 0 bridgehead atoms. The largest absolute Gasteiger partial charge is 0.480 e. The molecule has 12 heteroatoms. The number of aliphatic carboxylic acids is 1. The van der Waals surface area contributed by atoms with Crippen molar-refractivity contribution in [2.75, 3.05) is 6.54 Å². The fourth-order valence-corrected chi connectivity index (χ4v) is 1.62. The van der Waals surface area contributed by atoms with Gasteiger partial charge in [0.2, 0.25) is 23.6 Å². The molecule has 0 aromatic carbocycles. The Morgan fingerprint density at radius 1 is 1.04 bits per heavy atom. The Balaban J connectivity index is 4.73. The van der Waals surface area contributed by atoms with Crippen LogP contribution in [0.2, 0.25) is 0 Å². The molecule has 0 heterocycles. The number of carbonyl (C=O) groups excluding carboxylic acids is 4. The van der Waals surface area contributed by atoms with E-state index in [1.807, 2.05) is 5.32 Å². The number of carboxylic acid groups (broad SMARTS) is 1. The minimum absolute atomic E-state index is 0.517. The summed E-state index contributed by atoms with van der Waals surface area (Å²) in [6.07, 6.45) is -1.87. The number of amides is 4. The van der Waals surface area contributed by atoms with Crippen molar-refractivity contribution in [1.29, 1.82) is 0 Å². The molecular weight excluding hydrogens is 338 g/mol. The lowest BCUT2D eigenvalue weighted by atomic mass is 10.1. The Bertz CT molecular complexity index is 535. The van der Waals surface area contributed by atoms with Gasteiger partial charge < -0.3 is 37.6 Å². The summed E-state index contributed by atoms with van der Waals surface area (Å²) >= 11 is 0. The highest BCUT2D eigenvalue weighted by Gasteiger charge is 2.27. The lowest BCUT2D eigenvalue weighted by molar-refractivity contribution is -0.144. The molecule has 4 amide bonds. The van der Waals surface area contributed by atoms with Gasteiger partial charge in [0.05, 0.1) is 25.1 Å². The summed E-state index contributed by atoms with van der Waals surface area (Å²) in [6.45, 7) is 1.90. The van der Waals surface area contributed by atoms with Gasteiger partial charge >= 0.3 is 5.97 Å². The van der Waals surface area contributed by atoms with Gasteiger partial charge in [-0.15, -0.1) is 0 Å². The first-order chi connectivity index (χ1) is 11.5. The second-order valence-electron chi connectivity index (χ2n) is 5.36. The molecule has 0 aliphatic carbocycles. The number of hydrogen-bond acceptors (Lipinski definition) is 7. The maximum atomic E-state index is 12.0. The maximum absolute atomic E-state index is 12.0. The van der Waals surface area contributed by atoms with Crippen LogP contribution < -0.4 is 27.4 Å². The first-order valence-corrected chi connectivity index (χ1v) is 7.27. The Kier molecular flexibility index (Phi) is 9.09. The van der Waals surface area contributed by atoms with Crippen molar-refractivity contribution in [2.45, 2.75) is 44.5 Å². The molecule has 0 rings (SSSR count). The standard InChI is InChI=1S/C13H23N5O7/c1-5(14)11(22)17-7(3-8(15)20)12(23)16-4-9(21)18-10(6(2)19)13(24)25/h5-7,10,19H,3-4,14H2,1-2H3,(H2,15,20)(H,16,23)(H,17,22)(H,18,21)(H,24,25). The first kappa shape index (κ1) is 22.3. The van der Waals surface area contributed by atoms with Crippen molar-refractivity contribution in [3.8, 4) is 0 Å². The number of aliphatic hydroxyl groups excluding tert-OH is 1. The number of nitrogens with two attached hydrogens (primary N) is 2. The van der Waals surface area contributed by atoms with Gasteiger partial charge in [-0.3, -0.25) is 19.2 Å². The van der Waals surface area contributed by atoms with Gasteiger partial charge in [-0.2, -0.15) is 0 Å². The van der Waals surface area contributed by atoms with Crippen LogP contribution in [0.1, 0.15) is 20.3 Å². The zero-order valence-electron chi connectivity index (χ0n) is 13.8. The van der Waals surface area contributed by atoms with Crippen molar-refractivity contribution >= 4 is 29.6 Å². The summed E-state index contributed by atoms with van der Waals surface area (Å²) in [5.74, 6) is -4.80. The number of carboxylic acids is 1. The lowest BCUT2D eigenvalue weighted by Gasteiger charge is -2.19. The van der Waals surface area contributed by atoms with Crippen LogP contribution in [0.4, 0.5) is 0 Å². The maximum Gasteiger partial charge on any atom is 0.328 e. The molecule has 0 saturated carbocycles. The quantitative estimate of drug-likeness (QED) is 0.202. The second-order valence-corrected chi connectivity index (χ2v) is 5.36. The van der Waals surface area contributed by atoms with Gasteiger partial charge in [0.25, 0.3) is 0 Å². The van der Waals surface area contributed by atoms with Crippen molar-refractivity contribution in [3.05, 3.63) is 0 Å². The average Bonchev–Trinajstić information content (AvgIpc) is 2.48. The van der Waals surface area contributed by atoms with E-state index in [-0.39, 0.29) is 0 Å². The van der Waals surface area contributed by atoms with Crippen molar-refractivity contribution in [1.82, 2.24) is 16.0 Å². The highest BCUT2D eigenvalue weighted by molar-refractivity contribution is 5.94. The van der Waals surface area contributed by atoms with Gasteiger partial charge in [0.15, 0.2) is 6.04 Å². The predicted octanol–water partition coefficient (Wildman–Crippen LogP) is -4.24. The highest BCUT2D eigenvalue weighted by atomic mass is 16.4. The molecule has 4 unspecified atom stereocenters. The fraction of sp³-hybridized carbons (Fsp3) is 0.615. The molecule has 0 saturated heterocycles. The third kappa shape index (κ3) is 8.62. The van der Waals surface area contributed by atoms with Crippen LogP contribution >= 0.6 is 0 Å². The molecule has 0 radical (unpaired) electrons. The van der Waals surface area contributed by atoms with Gasteiger partial charge in [0, 0.05) is 0 Å². The van der Waals surface area contributed by atoms with Gasteiger partial charge in [0.1, 0.15) is 6.04 Å². The number of primary amides is 1. The summed E-state index contributed by atoms with van der Waals surface area (Å²) in [7, 11) is 0. The molecule has 0 fully saturated rings. The van der Waals surface area contributed by atoms with E-state index in [0.29, 0.717) is 0 Å². The zero-order valence-corrected chi connectivity index (χ0v) is 13.8. The minimum Gasteiger partial charge on any atom is -0.480 e. The molecule has 0 aliphatic rings. The van der Waals surface area contributed by atoms with E-state index in [1.54, 1.807) is 0 Å². The van der Waals surface area contributed by atoms with E-state index in [4.69, 9.17) is 16.6 Å². The molecule has 142 valence electrons. The van der Waals surface area contributed by atoms with Crippen LogP contribution in [0.15, 0.2) is 0 Å². The average molecular weight is 361 g/mol. The van der Waals surface area contributed by atoms with Crippen LogP contribution in [-0.2, 0) is 24.0 Å². The molecule has 0 aliphatic heterocycles. The van der Waals surface area contributed by atoms with Crippen molar-refractivity contribution in [3.63, 3.8) is 0 Å². The van der Waals surface area contributed by atoms with E-state index in [2.05, 4.69) is 10.6 Å². The second kappa shape index (κ2) is 10.2. The third-order valence-corrected chi connectivity index (χ3v) is 2.94. The van der Waals surface area contributed by atoms with Crippen LogP contribution in [0.3, 0.4) is 0 Å². The first-order valence-electron chi connectivity index (χ1n) is 7.27. The summed E-state index contributed by atoms with van der Waals surface area (Å²) < 4.78 is 0. The third-order valence-electron chi connectivity index (χ3n) is 2.94. The summed E-state index contributed by atoms with van der Waals surface area (Å²) in [5.41, 5.74) is 10.3. The molecule has 9 N–H and O–H groups in total. The van der Waals surface area contributed by atoms with Gasteiger partial charge in [-0.05, 0) is 13.8 Å². The monoisotopic (exact) mass is 361 g/mol. The highest BCUT2D eigenvalue weighted by Crippen LogP contribution is 1.95. The Labute approximate surface area is 143 Å². The lowest BCUT2D eigenvalue weighted by Crippen LogP contribution is -2.54. The number of hydrogen-bond donors (Lipinski definition) is 7. The predicted molar refractivity (Wildman–Crippen MR) is 83.6 cm³/mol. The number of carbonyl (C=O) groups is 5. The van der Waals surface area contributed by atoms with E-state index < -0.39 is 66.8 Å². The van der Waals surface area contributed by atoms with Crippen molar-refractivity contribution in [2.24, 2.45) is 11.5 Å². The van der Waals surface area contributed by atoms with Gasteiger partial charge in [-0.25, -0.2) is 4.79 Å². The minimum atomic E-state index is -1.55. The summed E-state index contributed by atoms with van der Waals surface area (Å²) in [6, 6.07) is -3.83. The van der Waals surface area contributed by atoms with E-state index in [0.717, 1.165) is 0 Å². The summed E-state index contributed by atoms with van der Waals surface area (Å²) in [4.78, 5) is 57.0. The molecule has 12 nitrogen and oxygen atoms in total. The molecular formula is C13H23N5O7. The molecule has 0 spiro atoms. The smallest absolute Gasteiger partial charge is 0.328 e. The van der Waals surface area contributed by atoms with E-state index in [9.17, 15) is 29.1 Å². The topological polar surface area (TPSA) is 214 Å². The number of nitrogens with one attached hydrogen (secondary N) is 3.